The number of hydrogen-bond donors (Lipinski definition) is 1. The molecule has 2 rings (SSSR count). The smallest absolute Gasteiger partial charge is 0.243 e. The van der Waals surface area contributed by atoms with E-state index in [1.165, 1.54) is 16.4 Å². The van der Waals surface area contributed by atoms with Crippen LogP contribution in [0.3, 0.4) is 0 Å². The molecule has 0 radical (unpaired) electrons. The lowest BCUT2D eigenvalue weighted by Gasteiger charge is -2.41. The number of piperidine rings is 1. The fourth-order valence-corrected chi connectivity index (χ4v) is 4.38. The fraction of sp³-hybridized carbons (Fsp3) is 0.571. The van der Waals surface area contributed by atoms with Gasteiger partial charge in [0.15, 0.2) is 0 Å². The first-order valence-corrected chi connectivity index (χ1v) is 8.10. The van der Waals surface area contributed by atoms with E-state index in [0.717, 1.165) is 6.07 Å². The summed E-state index contributed by atoms with van der Waals surface area (Å²) in [6.07, 6.45) is 0.612. The van der Waals surface area contributed by atoms with Crippen molar-refractivity contribution in [2.75, 3.05) is 13.1 Å². The SMILES string of the molecule is Cc1ccc(F)cc1S(=O)(=O)N1CCC(N)C(C)(C)C1.Cl. The summed E-state index contributed by atoms with van der Waals surface area (Å²) in [6, 6.07) is 3.82. The van der Waals surface area contributed by atoms with E-state index in [2.05, 4.69) is 0 Å². The van der Waals surface area contributed by atoms with Gasteiger partial charge >= 0.3 is 0 Å². The maximum absolute atomic E-state index is 13.4. The van der Waals surface area contributed by atoms with Crippen LogP contribution in [-0.4, -0.2) is 31.9 Å². The molecule has 0 amide bonds. The molecule has 2 N–H and O–H groups in total. The second-order valence-corrected chi connectivity index (χ2v) is 8.04. The maximum Gasteiger partial charge on any atom is 0.243 e. The van der Waals surface area contributed by atoms with Crippen LogP contribution >= 0.6 is 12.4 Å². The molecule has 1 fully saturated rings. The maximum atomic E-state index is 13.4. The van der Waals surface area contributed by atoms with Crippen LogP contribution in [0.25, 0.3) is 0 Å². The van der Waals surface area contributed by atoms with Crippen LogP contribution in [-0.2, 0) is 10.0 Å². The highest BCUT2D eigenvalue weighted by Crippen LogP contribution is 2.32. The molecule has 0 aromatic heterocycles. The van der Waals surface area contributed by atoms with Crippen LogP contribution in [0.1, 0.15) is 25.8 Å². The van der Waals surface area contributed by atoms with E-state index >= 15 is 0 Å². The highest BCUT2D eigenvalue weighted by atomic mass is 35.5. The fourth-order valence-electron chi connectivity index (χ4n) is 2.52. The standard InChI is InChI=1S/C14H21FN2O2S.ClH/c1-10-4-5-11(15)8-12(10)20(18,19)17-7-6-13(16)14(2,3)9-17;/h4-5,8,13H,6-7,9,16H2,1-3H3;1H. The van der Waals surface area contributed by atoms with Gasteiger partial charge in [-0.3, -0.25) is 0 Å². The number of hydrogen-bond acceptors (Lipinski definition) is 3. The average molecular weight is 337 g/mol. The van der Waals surface area contributed by atoms with Crippen molar-refractivity contribution in [2.45, 2.75) is 38.1 Å². The van der Waals surface area contributed by atoms with Gasteiger partial charge in [0.2, 0.25) is 10.0 Å². The van der Waals surface area contributed by atoms with E-state index in [0.29, 0.717) is 25.1 Å². The van der Waals surface area contributed by atoms with Crippen molar-refractivity contribution in [3.05, 3.63) is 29.6 Å². The Morgan fingerprint density at radius 1 is 1.38 bits per heavy atom. The molecule has 1 heterocycles. The summed E-state index contributed by atoms with van der Waals surface area (Å²) in [6.45, 7) is 6.32. The molecule has 1 aromatic carbocycles. The van der Waals surface area contributed by atoms with Crippen molar-refractivity contribution in [1.82, 2.24) is 4.31 Å². The van der Waals surface area contributed by atoms with Gasteiger partial charge in [-0.1, -0.05) is 19.9 Å². The molecule has 1 unspecified atom stereocenters. The van der Waals surface area contributed by atoms with Gasteiger partial charge in [-0.15, -0.1) is 12.4 Å². The lowest BCUT2D eigenvalue weighted by Crippen LogP contribution is -2.53. The second kappa shape index (κ2) is 6.20. The second-order valence-electron chi connectivity index (χ2n) is 6.13. The van der Waals surface area contributed by atoms with E-state index in [-0.39, 0.29) is 28.8 Å². The Kier molecular flexibility index (Phi) is 5.42. The first kappa shape index (κ1) is 18.4. The summed E-state index contributed by atoms with van der Waals surface area (Å²) >= 11 is 0. The van der Waals surface area contributed by atoms with Crippen molar-refractivity contribution in [2.24, 2.45) is 11.1 Å². The van der Waals surface area contributed by atoms with Crippen molar-refractivity contribution in [3.63, 3.8) is 0 Å². The highest BCUT2D eigenvalue weighted by molar-refractivity contribution is 7.89. The van der Waals surface area contributed by atoms with Crippen molar-refractivity contribution < 1.29 is 12.8 Å². The van der Waals surface area contributed by atoms with Crippen LogP contribution < -0.4 is 5.73 Å². The number of rotatable bonds is 2. The zero-order valence-corrected chi connectivity index (χ0v) is 14.1. The van der Waals surface area contributed by atoms with Gasteiger partial charge in [0.05, 0.1) is 4.90 Å². The van der Waals surface area contributed by atoms with E-state index in [1.807, 2.05) is 13.8 Å². The Morgan fingerprint density at radius 3 is 2.57 bits per heavy atom. The molecule has 0 spiro atoms. The number of nitrogens with zero attached hydrogens (tertiary/aromatic N) is 1. The molecule has 1 aliphatic rings. The van der Waals surface area contributed by atoms with Crippen molar-refractivity contribution in [1.29, 1.82) is 0 Å². The predicted octanol–water partition coefficient (Wildman–Crippen LogP) is 2.30. The summed E-state index contributed by atoms with van der Waals surface area (Å²) in [5.41, 5.74) is 6.30. The molecule has 1 aliphatic heterocycles. The molecule has 1 aromatic rings. The van der Waals surface area contributed by atoms with E-state index in [1.54, 1.807) is 6.92 Å². The minimum absolute atomic E-state index is 0. The third-order valence-electron chi connectivity index (χ3n) is 4.05. The molecule has 7 heteroatoms. The lowest BCUT2D eigenvalue weighted by atomic mass is 9.81. The van der Waals surface area contributed by atoms with Gasteiger partial charge < -0.3 is 5.73 Å². The molecular weight excluding hydrogens is 315 g/mol. The molecule has 0 aliphatic carbocycles. The first-order chi connectivity index (χ1) is 9.14. The number of sulfonamides is 1. The van der Waals surface area contributed by atoms with E-state index in [9.17, 15) is 12.8 Å². The Hall–Kier alpha value is -0.690. The quantitative estimate of drug-likeness (QED) is 0.901. The van der Waals surface area contributed by atoms with Crippen LogP contribution in [0.15, 0.2) is 23.1 Å². The molecule has 1 saturated heterocycles. The molecular formula is C14H22ClFN2O2S. The summed E-state index contributed by atoms with van der Waals surface area (Å²) < 4.78 is 40.1. The molecule has 0 saturated carbocycles. The van der Waals surface area contributed by atoms with Gasteiger partial charge in [-0.05, 0) is 36.5 Å². The van der Waals surface area contributed by atoms with Gasteiger partial charge in [0, 0.05) is 19.1 Å². The third kappa shape index (κ3) is 3.56. The number of nitrogens with two attached hydrogens (primary N) is 1. The number of benzene rings is 1. The topological polar surface area (TPSA) is 63.4 Å². The molecule has 0 bridgehead atoms. The Bertz CT molecular complexity index is 619. The molecule has 4 nitrogen and oxygen atoms in total. The molecule has 120 valence electrons. The van der Waals surface area contributed by atoms with Gasteiger partial charge in [0.25, 0.3) is 0 Å². The minimum atomic E-state index is -3.67. The van der Waals surface area contributed by atoms with E-state index < -0.39 is 15.8 Å². The van der Waals surface area contributed by atoms with Gasteiger partial charge in [-0.2, -0.15) is 4.31 Å². The van der Waals surface area contributed by atoms with E-state index in [4.69, 9.17) is 5.73 Å². The number of aryl methyl sites for hydroxylation is 1. The Balaban J connectivity index is 0.00000220. The molecule has 21 heavy (non-hydrogen) atoms. The monoisotopic (exact) mass is 336 g/mol. The summed E-state index contributed by atoms with van der Waals surface area (Å²) in [4.78, 5) is 0.0452. The van der Waals surface area contributed by atoms with Gasteiger partial charge in [-0.25, -0.2) is 12.8 Å². The predicted molar refractivity (Wildman–Crippen MR) is 83.5 cm³/mol. The summed E-state index contributed by atoms with van der Waals surface area (Å²) in [5.74, 6) is -0.540. The van der Waals surface area contributed by atoms with Crippen LogP contribution in [0, 0.1) is 18.2 Å². The summed E-state index contributed by atoms with van der Waals surface area (Å²) in [5, 5.41) is 0. The van der Waals surface area contributed by atoms with Gasteiger partial charge in [0.1, 0.15) is 5.82 Å². The zero-order valence-electron chi connectivity index (χ0n) is 12.5. The van der Waals surface area contributed by atoms with Crippen molar-refractivity contribution >= 4 is 22.4 Å². The highest BCUT2D eigenvalue weighted by Gasteiger charge is 2.39. The third-order valence-corrected chi connectivity index (χ3v) is 6.03. The lowest BCUT2D eigenvalue weighted by molar-refractivity contribution is 0.155. The van der Waals surface area contributed by atoms with Crippen LogP contribution in [0.4, 0.5) is 4.39 Å². The zero-order chi connectivity index (χ0) is 15.1. The van der Waals surface area contributed by atoms with Crippen molar-refractivity contribution in [3.8, 4) is 0 Å². The Labute approximate surface area is 132 Å². The van der Waals surface area contributed by atoms with Crippen LogP contribution in [0.2, 0.25) is 0 Å². The first-order valence-electron chi connectivity index (χ1n) is 6.66. The summed E-state index contributed by atoms with van der Waals surface area (Å²) in [7, 11) is -3.67. The molecule has 1 atom stereocenters. The Morgan fingerprint density at radius 2 is 2.00 bits per heavy atom. The number of halogens is 2. The largest absolute Gasteiger partial charge is 0.327 e. The normalized spacial score (nSPS) is 22.6. The van der Waals surface area contributed by atoms with Crippen LogP contribution in [0.5, 0.6) is 0 Å². The average Bonchev–Trinajstić information content (AvgIpc) is 2.35. The minimum Gasteiger partial charge on any atom is -0.327 e.